The number of rotatable bonds is 6. The Morgan fingerprint density at radius 3 is 2.50 bits per heavy atom. The van der Waals surface area contributed by atoms with Gasteiger partial charge in [0.15, 0.2) is 17.3 Å². The van der Waals surface area contributed by atoms with Crippen molar-refractivity contribution in [3.8, 4) is 0 Å². The van der Waals surface area contributed by atoms with E-state index in [1.165, 1.54) is 11.9 Å². The van der Waals surface area contributed by atoms with Crippen LogP contribution in [-0.4, -0.2) is 24.6 Å². The third-order valence-corrected chi connectivity index (χ3v) is 3.28. The molecule has 0 aromatic heterocycles. The van der Waals surface area contributed by atoms with E-state index >= 15 is 0 Å². The van der Waals surface area contributed by atoms with Crippen LogP contribution in [0.4, 0.5) is 20.2 Å². The van der Waals surface area contributed by atoms with Crippen LogP contribution in [-0.2, 0) is 0 Å². The first kappa shape index (κ1) is 16.3. The molecule has 1 atom stereocenters. The molecule has 1 unspecified atom stereocenters. The van der Waals surface area contributed by atoms with E-state index in [0.717, 1.165) is 12.1 Å². The number of nitrogens with zero attached hydrogens (tertiary/aromatic N) is 2. The first-order chi connectivity index (χ1) is 9.25. The van der Waals surface area contributed by atoms with Gasteiger partial charge in [-0.2, -0.15) is 0 Å². The van der Waals surface area contributed by atoms with E-state index in [1.54, 1.807) is 0 Å². The van der Waals surface area contributed by atoms with Gasteiger partial charge in [-0.25, -0.2) is 8.78 Å². The predicted molar refractivity (Wildman–Crippen MR) is 73.7 cm³/mol. The van der Waals surface area contributed by atoms with Crippen LogP contribution in [0.25, 0.3) is 0 Å². The summed E-state index contributed by atoms with van der Waals surface area (Å²) in [5.74, 6) is -2.07. The molecule has 1 rings (SSSR count). The Bertz CT molecular complexity index is 495. The van der Waals surface area contributed by atoms with E-state index < -0.39 is 22.2 Å². The highest BCUT2D eigenvalue weighted by Gasteiger charge is 2.25. The first-order valence-corrected chi connectivity index (χ1v) is 6.34. The summed E-state index contributed by atoms with van der Waals surface area (Å²) in [5, 5.41) is 10.9. The van der Waals surface area contributed by atoms with Crippen LogP contribution in [0, 0.1) is 27.7 Å². The second kappa shape index (κ2) is 6.60. The summed E-state index contributed by atoms with van der Waals surface area (Å²) in [6, 6.07) is 1.62. The van der Waals surface area contributed by atoms with E-state index in [2.05, 4.69) is 0 Å². The molecule has 112 valence electrons. The van der Waals surface area contributed by atoms with Gasteiger partial charge in [-0.15, -0.1) is 0 Å². The average Bonchev–Trinajstić information content (AvgIpc) is 2.37. The molecule has 7 heteroatoms. The third-order valence-electron chi connectivity index (χ3n) is 3.28. The summed E-state index contributed by atoms with van der Waals surface area (Å²) < 4.78 is 27.1. The number of benzene rings is 1. The van der Waals surface area contributed by atoms with Gasteiger partial charge in [-0.1, -0.05) is 13.8 Å². The van der Waals surface area contributed by atoms with E-state index in [9.17, 15) is 18.9 Å². The zero-order valence-corrected chi connectivity index (χ0v) is 11.8. The van der Waals surface area contributed by atoms with Crippen LogP contribution in [0.5, 0.6) is 0 Å². The molecule has 0 saturated carbocycles. The lowest BCUT2D eigenvalue weighted by molar-refractivity contribution is -0.384. The molecule has 0 aliphatic rings. The highest BCUT2D eigenvalue weighted by molar-refractivity contribution is 5.63. The number of hydrogen-bond acceptors (Lipinski definition) is 4. The molecule has 0 aliphatic carbocycles. The zero-order chi connectivity index (χ0) is 15.4. The second-order valence-corrected chi connectivity index (χ2v) is 5.10. The monoisotopic (exact) mass is 287 g/mol. The summed E-state index contributed by atoms with van der Waals surface area (Å²) in [7, 11) is 1.48. The van der Waals surface area contributed by atoms with Gasteiger partial charge in [-0.3, -0.25) is 10.1 Å². The zero-order valence-electron chi connectivity index (χ0n) is 11.8. The molecule has 0 aliphatic heterocycles. The molecule has 0 spiro atoms. The Morgan fingerprint density at radius 1 is 1.40 bits per heavy atom. The molecule has 1 aromatic carbocycles. The van der Waals surface area contributed by atoms with Crippen molar-refractivity contribution in [2.45, 2.75) is 26.3 Å². The fraction of sp³-hybridized carbons (Fsp3) is 0.538. The normalized spacial score (nSPS) is 12.6. The molecule has 0 fully saturated rings. The smallest absolute Gasteiger partial charge is 0.295 e. The predicted octanol–water partition coefficient (Wildman–Crippen LogP) is 2.68. The lowest BCUT2D eigenvalue weighted by Gasteiger charge is -2.23. The maximum atomic E-state index is 13.8. The number of nitro groups is 1. The maximum Gasteiger partial charge on any atom is 0.295 e. The number of halogens is 2. The van der Waals surface area contributed by atoms with Crippen molar-refractivity contribution < 1.29 is 13.7 Å². The van der Waals surface area contributed by atoms with Crippen molar-refractivity contribution in [2.75, 3.05) is 18.5 Å². The minimum Gasteiger partial charge on any atom is -0.366 e. The van der Waals surface area contributed by atoms with Gasteiger partial charge in [0, 0.05) is 25.7 Å². The number of anilines is 1. The Kier molecular flexibility index (Phi) is 5.38. The van der Waals surface area contributed by atoms with Gasteiger partial charge in [0.25, 0.3) is 5.69 Å². The van der Waals surface area contributed by atoms with Crippen molar-refractivity contribution in [3.63, 3.8) is 0 Å². The molecule has 0 heterocycles. The molecule has 0 bridgehead atoms. The van der Waals surface area contributed by atoms with Gasteiger partial charge in [0.05, 0.1) is 4.92 Å². The minimum atomic E-state index is -1.21. The molecular weight excluding hydrogens is 268 g/mol. The SMILES string of the molecule is CC(C)C(N)CCN(C)c1c([N+](=O)[O-])ccc(F)c1F. The van der Waals surface area contributed by atoms with Gasteiger partial charge in [0.2, 0.25) is 0 Å². The van der Waals surface area contributed by atoms with Crippen LogP contribution in [0.1, 0.15) is 20.3 Å². The topological polar surface area (TPSA) is 72.4 Å². The largest absolute Gasteiger partial charge is 0.366 e. The highest BCUT2D eigenvalue weighted by atomic mass is 19.2. The average molecular weight is 287 g/mol. The minimum absolute atomic E-state index is 0.104. The summed E-state index contributed by atoms with van der Waals surface area (Å²) in [5.41, 5.74) is 5.08. The Hall–Kier alpha value is -1.76. The summed E-state index contributed by atoms with van der Waals surface area (Å²) in [6.07, 6.45) is 0.529. The molecule has 20 heavy (non-hydrogen) atoms. The van der Waals surface area contributed by atoms with Crippen LogP contribution in [0.15, 0.2) is 12.1 Å². The standard InChI is InChI=1S/C13H19F2N3O2/c1-8(2)10(16)6-7-17(3)13-11(18(19)20)5-4-9(14)12(13)15/h4-5,8,10H,6-7,16H2,1-3H3. The molecule has 5 nitrogen and oxygen atoms in total. The Morgan fingerprint density at radius 2 is 2.00 bits per heavy atom. The molecule has 2 N–H and O–H groups in total. The van der Waals surface area contributed by atoms with Crippen molar-refractivity contribution in [1.29, 1.82) is 0 Å². The van der Waals surface area contributed by atoms with Crippen molar-refractivity contribution in [1.82, 2.24) is 0 Å². The van der Waals surface area contributed by atoms with Crippen molar-refractivity contribution >= 4 is 11.4 Å². The summed E-state index contributed by atoms with van der Waals surface area (Å²) in [4.78, 5) is 11.5. The van der Waals surface area contributed by atoms with E-state index in [0.29, 0.717) is 13.0 Å². The van der Waals surface area contributed by atoms with Crippen LogP contribution < -0.4 is 10.6 Å². The summed E-state index contributed by atoms with van der Waals surface area (Å²) >= 11 is 0. The van der Waals surface area contributed by atoms with Crippen LogP contribution in [0.2, 0.25) is 0 Å². The molecule has 0 amide bonds. The van der Waals surface area contributed by atoms with Crippen LogP contribution >= 0.6 is 0 Å². The maximum absolute atomic E-state index is 13.8. The Labute approximate surface area is 116 Å². The molecule has 0 saturated heterocycles. The van der Waals surface area contributed by atoms with Gasteiger partial charge in [-0.05, 0) is 18.4 Å². The molecule has 0 radical (unpaired) electrons. The molecular formula is C13H19F2N3O2. The van der Waals surface area contributed by atoms with Gasteiger partial charge >= 0.3 is 0 Å². The lowest BCUT2D eigenvalue weighted by Crippen LogP contribution is -2.32. The van der Waals surface area contributed by atoms with E-state index in [-0.39, 0.29) is 17.6 Å². The van der Waals surface area contributed by atoms with E-state index in [4.69, 9.17) is 5.73 Å². The van der Waals surface area contributed by atoms with E-state index in [1.807, 2.05) is 13.8 Å². The molecule has 1 aromatic rings. The van der Waals surface area contributed by atoms with Gasteiger partial charge in [0.1, 0.15) is 0 Å². The van der Waals surface area contributed by atoms with Crippen LogP contribution in [0.3, 0.4) is 0 Å². The third kappa shape index (κ3) is 3.63. The van der Waals surface area contributed by atoms with Gasteiger partial charge < -0.3 is 10.6 Å². The number of nitrogens with two attached hydrogens (primary N) is 1. The fourth-order valence-electron chi connectivity index (χ4n) is 1.83. The first-order valence-electron chi connectivity index (χ1n) is 6.34. The highest BCUT2D eigenvalue weighted by Crippen LogP contribution is 2.32. The number of nitro benzene ring substituents is 1. The second-order valence-electron chi connectivity index (χ2n) is 5.10. The lowest BCUT2D eigenvalue weighted by atomic mass is 10.0. The fourth-order valence-corrected chi connectivity index (χ4v) is 1.83. The quantitative estimate of drug-likeness (QED) is 0.645. The number of hydrogen-bond donors (Lipinski definition) is 1. The Balaban J connectivity index is 2.99. The van der Waals surface area contributed by atoms with Crippen molar-refractivity contribution in [2.24, 2.45) is 11.7 Å². The van der Waals surface area contributed by atoms with Crippen molar-refractivity contribution in [3.05, 3.63) is 33.9 Å². The summed E-state index contributed by atoms with van der Waals surface area (Å²) in [6.45, 7) is 4.21.